The molecule has 0 amide bonds. The van der Waals surface area contributed by atoms with Crippen molar-refractivity contribution in [2.45, 2.75) is 50.1 Å². The molecule has 0 unspecified atom stereocenters. The van der Waals surface area contributed by atoms with E-state index in [0.717, 1.165) is 19.4 Å². The van der Waals surface area contributed by atoms with Crippen molar-refractivity contribution in [1.29, 1.82) is 0 Å². The number of nitrogens with zero attached hydrogens (tertiary/aromatic N) is 2. The van der Waals surface area contributed by atoms with E-state index in [0.29, 0.717) is 5.15 Å². The van der Waals surface area contributed by atoms with Gasteiger partial charge in [-0.1, -0.05) is 11.6 Å². The van der Waals surface area contributed by atoms with Gasteiger partial charge in [0.1, 0.15) is 0 Å². The lowest BCUT2D eigenvalue weighted by Crippen LogP contribution is -2.38. The van der Waals surface area contributed by atoms with E-state index in [-0.39, 0.29) is 11.0 Å². The van der Waals surface area contributed by atoms with Gasteiger partial charge in [-0.05, 0) is 32.6 Å². The highest BCUT2D eigenvalue weighted by Gasteiger charge is 2.66. The minimum Gasteiger partial charge on any atom is -0.333 e. The SMILES string of the molecule is CCn1cnc(Cl)c1C1(C2(N)CC2)CC1. The molecule has 1 aromatic rings. The zero-order chi connectivity index (χ0) is 10.7. The third kappa shape index (κ3) is 1.14. The molecule has 0 radical (unpaired) electrons. The zero-order valence-corrected chi connectivity index (χ0v) is 9.72. The van der Waals surface area contributed by atoms with E-state index >= 15 is 0 Å². The smallest absolute Gasteiger partial charge is 0.150 e. The average Bonchev–Trinajstić information content (AvgIpc) is 3.11. The number of nitrogens with two attached hydrogens (primary N) is 1. The number of aryl methyl sites for hydroxylation is 1. The van der Waals surface area contributed by atoms with E-state index in [1.807, 2.05) is 6.33 Å². The number of hydrogen-bond acceptors (Lipinski definition) is 2. The predicted octanol–water partition coefficient (Wildman–Crippen LogP) is 2.08. The summed E-state index contributed by atoms with van der Waals surface area (Å²) in [6.45, 7) is 3.04. The van der Waals surface area contributed by atoms with Crippen molar-refractivity contribution >= 4 is 11.6 Å². The summed E-state index contributed by atoms with van der Waals surface area (Å²) in [5, 5.41) is 0.658. The summed E-state index contributed by atoms with van der Waals surface area (Å²) in [7, 11) is 0. The predicted molar refractivity (Wildman–Crippen MR) is 60.0 cm³/mol. The van der Waals surface area contributed by atoms with Gasteiger partial charge in [0, 0.05) is 17.5 Å². The van der Waals surface area contributed by atoms with Crippen molar-refractivity contribution in [3.63, 3.8) is 0 Å². The number of halogens is 1. The second-order valence-electron chi connectivity index (χ2n) is 4.91. The summed E-state index contributed by atoms with van der Waals surface area (Å²) in [4.78, 5) is 4.21. The molecule has 82 valence electrons. The summed E-state index contributed by atoms with van der Waals surface area (Å²) in [5.74, 6) is 0. The summed E-state index contributed by atoms with van der Waals surface area (Å²) in [5.41, 5.74) is 7.72. The molecule has 2 saturated carbocycles. The van der Waals surface area contributed by atoms with Crippen molar-refractivity contribution in [3.8, 4) is 0 Å². The standard InChI is InChI=1S/C11H16ClN3/c1-2-15-7-14-9(12)8(15)10(3-4-10)11(13)5-6-11/h7H,2-6,13H2,1H3. The van der Waals surface area contributed by atoms with Crippen LogP contribution in [-0.2, 0) is 12.0 Å². The fourth-order valence-electron chi connectivity index (χ4n) is 2.78. The van der Waals surface area contributed by atoms with Crippen LogP contribution in [0.5, 0.6) is 0 Å². The van der Waals surface area contributed by atoms with E-state index in [9.17, 15) is 0 Å². The fraction of sp³-hybridized carbons (Fsp3) is 0.727. The summed E-state index contributed by atoms with van der Waals surface area (Å²) >= 11 is 6.19. The summed E-state index contributed by atoms with van der Waals surface area (Å²) in [6.07, 6.45) is 6.46. The molecule has 1 heterocycles. The van der Waals surface area contributed by atoms with Gasteiger partial charge in [0.05, 0.1) is 12.0 Å². The average molecular weight is 226 g/mol. The fourth-order valence-corrected chi connectivity index (χ4v) is 3.11. The van der Waals surface area contributed by atoms with Crippen LogP contribution in [0, 0.1) is 0 Å². The maximum Gasteiger partial charge on any atom is 0.150 e. The molecule has 0 saturated heterocycles. The van der Waals surface area contributed by atoms with Gasteiger partial charge in [-0.25, -0.2) is 4.98 Å². The Morgan fingerprint density at radius 3 is 2.60 bits per heavy atom. The third-order valence-corrected chi connectivity index (χ3v) is 4.36. The number of rotatable bonds is 3. The van der Waals surface area contributed by atoms with Gasteiger partial charge in [0.25, 0.3) is 0 Å². The highest BCUT2D eigenvalue weighted by atomic mass is 35.5. The lowest BCUT2D eigenvalue weighted by Gasteiger charge is -2.24. The molecule has 2 fully saturated rings. The Kier molecular flexibility index (Phi) is 1.79. The van der Waals surface area contributed by atoms with Crippen LogP contribution in [0.3, 0.4) is 0 Å². The molecule has 0 atom stereocenters. The highest BCUT2D eigenvalue weighted by molar-refractivity contribution is 6.30. The largest absolute Gasteiger partial charge is 0.333 e. The van der Waals surface area contributed by atoms with Crippen LogP contribution in [0.1, 0.15) is 38.3 Å². The molecule has 2 aliphatic carbocycles. The van der Waals surface area contributed by atoms with Gasteiger partial charge in [-0.15, -0.1) is 0 Å². The normalized spacial score (nSPS) is 25.3. The van der Waals surface area contributed by atoms with E-state index in [1.165, 1.54) is 18.5 Å². The first-order valence-corrected chi connectivity index (χ1v) is 6.01. The van der Waals surface area contributed by atoms with Crippen molar-refractivity contribution in [3.05, 3.63) is 17.2 Å². The maximum atomic E-state index is 6.37. The van der Waals surface area contributed by atoms with Crippen LogP contribution in [0.25, 0.3) is 0 Å². The minimum absolute atomic E-state index is 0.0175. The van der Waals surface area contributed by atoms with Crippen LogP contribution in [0.15, 0.2) is 6.33 Å². The molecule has 0 bridgehead atoms. The summed E-state index contributed by atoms with van der Waals surface area (Å²) in [6, 6.07) is 0. The molecule has 0 spiro atoms. The van der Waals surface area contributed by atoms with Crippen LogP contribution in [0.2, 0.25) is 5.15 Å². The minimum atomic E-state index is 0.0175. The second-order valence-corrected chi connectivity index (χ2v) is 5.27. The lowest BCUT2D eigenvalue weighted by molar-refractivity contribution is 0.469. The number of aromatic nitrogens is 2. The molecule has 3 nitrogen and oxygen atoms in total. The van der Waals surface area contributed by atoms with Gasteiger partial charge in [0.15, 0.2) is 5.15 Å². The molecular weight excluding hydrogens is 210 g/mol. The van der Waals surface area contributed by atoms with Gasteiger partial charge >= 0.3 is 0 Å². The van der Waals surface area contributed by atoms with Crippen LogP contribution < -0.4 is 5.73 Å². The quantitative estimate of drug-likeness (QED) is 0.856. The first-order chi connectivity index (χ1) is 7.13. The lowest BCUT2D eigenvalue weighted by atomic mass is 9.91. The molecule has 0 aromatic carbocycles. The topological polar surface area (TPSA) is 43.8 Å². The maximum absolute atomic E-state index is 6.37. The van der Waals surface area contributed by atoms with Gasteiger partial charge in [-0.3, -0.25) is 0 Å². The first kappa shape index (κ1) is 9.67. The number of hydrogen-bond donors (Lipinski definition) is 1. The van der Waals surface area contributed by atoms with Gasteiger partial charge in [0.2, 0.25) is 0 Å². The molecule has 2 N–H and O–H groups in total. The van der Waals surface area contributed by atoms with Crippen LogP contribution in [-0.4, -0.2) is 15.1 Å². The van der Waals surface area contributed by atoms with E-state index in [1.54, 1.807) is 0 Å². The Labute approximate surface area is 94.6 Å². The molecular formula is C11H16ClN3. The Morgan fingerprint density at radius 2 is 2.13 bits per heavy atom. The Morgan fingerprint density at radius 1 is 1.47 bits per heavy atom. The second kappa shape index (κ2) is 2.77. The summed E-state index contributed by atoms with van der Waals surface area (Å²) < 4.78 is 2.16. The Hall–Kier alpha value is -0.540. The molecule has 15 heavy (non-hydrogen) atoms. The Balaban J connectivity index is 2.08. The highest BCUT2D eigenvalue weighted by Crippen LogP contribution is 2.64. The van der Waals surface area contributed by atoms with E-state index in [2.05, 4.69) is 16.5 Å². The molecule has 1 aromatic heterocycles. The first-order valence-electron chi connectivity index (χ1n) is 5.63. The van der Waals surface area contributed by atoms with Crippen molar-refractivity contribution < 1.29 is 0 Å². The molecule has 4 heteroatoms. The van der Waals surface area contributed by atoms with Crippen LogP contribution in [0.4, 0.5) is 0 Å². The Bertz CT molecular complexity index is 402. The van der Waals surface area contributed by atoms with Gasteiger partial charge in [-0.2, -0.15) is 0 Å². The van der Waals surface area contributed by atoms with E-state index in [4.69, 9.17) is 17.3 Å². The third-order valence-electron chi connectivity index (χ3n) is 4.08. The zero-order valence-electron chi connectivity index (χ0n) is 8.96. The molecule has 0 aliphatic heterocycles. The van der Waals surface area contributed by atoms with E-state index < -0.39 is 0 Å². The monoisotopic (exact) mass is 225 g/mol. The van der Waals surface area contributed by atoms with Crippen molar-refractivity contribution in [2.75, 3.05) is 0 Å². The molecule has 2 aliphatic rings. The van der Waals surface area contributed by atoms with Crippen LogP contribution >= 0.6 is 11.6 Å². The van der Waals surface area contributed by atoms with Crippen molar-refractivity contribution in [2.24, 2.45) is 5.73 Å². The van der Waals surface area contributed by atoms with Gasteiger partial charge < -0.3 is 10.3 Å². The molecule has 3 rings (SSSR count). The van der Waals surface area contributed by atoms with Crippen molar-refractivity contribution in [1.82, 2.24) is 9.55 Å². The number of imidazole rings is 1.